The number of pyridine rings is 2. The molecule has 52 heavy (non-hydrogen) atoms. The molecule has 1 aliphatic heterocycles. The molecule has 2 aromatic heterocycles. The van der Waals surface area contributed by atoms with E-state index >= 15 is 0 Å². The maximum atomic E-state index is 14.3. The zero-order chi connectivity index (χ0) is 36.8. The number of methoxy groups -OCH3 is 1. The van der Waals surface area contributed by atoms with Crippen LogP contribution in [0.25, 0.3) is 22.3 Å². The summed E-state index contributed by atoms with van der Waals surface area (Å²) >= 11 is 0. The van der Waals surface area contributed by atoms with E-state index in [9.17, 15) is 22.8 Å². The smallest absolute Gasteiger partial charge is 0.259 e. The highest BCUT2D eigenvalue weighted by Gasteiger charge is 2.62. The zero-order valence-corrected chi connectivity index (χ0v) is 31.0. The lowest BCUT2D eigenvalue weighted by molar-refractivity contribution is -0.140. The molecule has 0 spiro atoms. The summed E-state index contributed by atoms with van der Waals surface area (Å²) in [6.45, 7) is 4.42. The Bertz CT molecular complexity index is 2050. The number of benzene rings is 1. The van der Waals surface area contributed by atoms with E-state index in [4.69, 9.17) is 19.4 Å². The molecule has 2 N–H and O–H groups in total. The van der Waals surface area contributed by atoms with Crippen LogP contribution in [0.1, 0.15) is 69.0 Å². The van der Waals surface area contributed by atoms with Crippen LogP contribution in [-0.4, -0.2) is 78.6 Å². The molecule has 0 saturated heterocycles. The first kappa shape index (κ1) is 35.9. The summed E-state index contributed by atoms with van der Waals surface area (Å²) in [6, 6.07) is 11.3. The largest absolute Gasteiger partial charge is 0.496 e. The summed E-state index contributed by atoms with van der Waals surface area (Å²) in [4.78, 5) is 53.4. The first-order valence-electron chi connectivity index (χ1n) is 18.3. The highest BCUT2D eigenvalue weighted by Crippen LogP contribution is 2.47. The average molecular weight is 730 g/mol. The van der Waals surface area contributed by atoms with Crippen LogP contribution in [-0.2, 0) is 24.4 Å². The summed E-state index contributed by atoms with van der Waals surface area (Å²) in [6.07, 6.45) is 8.70. The molecule has 0 unspecified atom stereocenters. The fraction of sp³-hybridized carbons (Fsp3) is 0.513. The van der Waals surface area contributed by atoms with Crippen molar-refractivity contribution in [2.75, 3.05) is 20.7 Å². The second-order valence-corrected chi connectivity index (χ2v) is 16.8. The molecule has 276 valence electrons. The van der Waals surface area contributed by atoms with Gasteiger partial charge in [-0.1, -0.05) is 24.6 Å². The molecule has 1 aromatic carbocycles. The Labute approximate surface area is 304 Å². The summed E-state index contributed by atoms with van der Waals surface area (Å²) in [5.74, 6) is -1.93. The van der Waals surface area contributed by atoms with Crippen molar-refractivity contribution in [1.82, 2.24) is 24.9 Å². The highest BCUT2D eigenvalue weighted by atomic mass is 32.2. The third-order valence-corrected chi connectivity index (χ3v) is 12.9. The molecular formula is C39H47N5O7S. The fourth-order valence-electron chi connectivity index (χ4n) is 7.76. The van der Waals surface area contributed by atoms with Crippen LogP contribution >= 0.6 is 0 Å². The van der Waals surface area contributed by atoms with E-state index in [0.29, 0.717) is 47.8 Å². The van der Waals surface area contributed by atoms with Crippen LogP contribution in [0.15, 0.2) is 48.6 Å². The summed E-state index contributed by atoms with van der Waals surface area (Å²) in [7, 11) is -0.450. The van der Waals surface area contributed by atoms with E-state index in [0.717, 1.165) is 42.3 Å². The fourth-order valence-corrected chi connectivity index (χ4v) is 9.13. The van der Waals surface area contributed by atoms with Gasteiger partial charge in [0.05, 0.1) is 41.1 Å². The summed E-state index contributed by atoms with van der Waals surface area (Å²) in [5, 5.41) is 3.15. The molecule has 0 radical (unpaired) electrons. The van der Waals surface area contributed by atoms with E-state index in [1.165, 1.54) is 0 Å². The van der Waals surface area contributed by atoms with Gasteiger partial charge in [0.2, 0.25) is 21.8 Å². The number of carbonyl (C=O) groups excluding carboxylic acids is 3. The van der Waals surface area contributed by atoms with Gasteiger partial charge in [0.1, 0.15) is 23.1 Å². The standard InChI is InChI=1S/C39H47N5O7S/c1-23-11-10-13-31(40-23)32-21-34(28-16-17-33(50-4)24(2)35(28)41-32)51-26-19-29-30(20-26)37(46)44(3)18-9-7-5-6-8-12-25-22-39(25,42-36(29)45)38(47)43-52(48,49)27-14-15-27/h8,10-13,16-17,21,25-27,29-30H,5-7,9,14-15,18-20,22H2,1-4H3,(H,42,45)(H,43,47)/b12-8-/t25-,26-,29-,30-,39-/m1/s1. The first-order valence-corrected chi connectivity index (χ1v) is 19.8. The quantitative estimate of drug-likeness (QED) is 0.327. The predicted octanol–water partition coefficient (Wildman–Crippen LogP) is 4.77. The van der Waals surface area contributed by atoms with Crippen molar-refractivity contribution in [1.29, 1.82) is 0 Å². The van der Waals surface area contributed by atoms with Gasteiger partial charge in [0, 0.05) is 42.2 Å². The van der Waals surface area contributed by atoms with Gasteiger partial charge >= 0.3 is 0 Å². The second kappa shape index (κ2) is 14.1. The average Bonchev–Trinajstić information content (AvgIpc) is 4.04. The maximum Gasteiger partial charge on any atom is 0.259 e. The number of sulfonamides is 1. The zero-order valence-electron chi connectivity index (χ0n) is 30.2. The Morgan fingerprint density at radius 2 is 1.79 bits per heavy atom. The van der Waals surface area contributed by atoms with Crippen LogP contribution in [0.3, 0.4) is 0 Å². The van der Waals surface area contributed by atoms with Gasteiger partial charge in [-0.15, -0.1) is 0 Å². The molecule has 3 heterocycles. The molecule has 3 aliphatic carbocycles. The molecule has 12 nitrogen and oxygen atoms in total. The number of carbonyl (C=O) groups is 3. The molecule has 0 bridgehead atoms. The number of ether oxygens (including phenoxy) is 2. The number of fused-ring (bicyclic) bond motifs is 3. The molecular weight excluding hydrogens is 683 g/mol. The Hall–Kier alpha value is -4.52. The third kappa shape index (κ3) is 7.11. The number of nitrogens with zero attached hydrogens (tertiary/aromatic N) is 3. The number of aromatic nitrogens is 2. The van der Waals surface area contributed by atoms with Crippen molar-refractivity contribution in [2.24, 2.45) is 17.8 Å². The lowest BCUT2D eigenvalue weighted by Crippen LogP contribution is -2.54. The van der Waals surface area contributed by atoms with Gasteiger partial charge in [-0.3, -0.25) is 24.1 Å². The number of hydrogen-bond donors (Lipinski definition) is 2. The minimum absolute atomic E-state index is 0.147. The van der Waals surface area contributed by atoms with Crippen molar-refractivity contribution in [3.8, 4) is 22.9 Å². The molecule has 5 atom stereocenters. The number of hydrogen-bond acceptors (Lipinski definition) is 9. The number of amides is 3. The van der Waals surface area contributed by atoms with E-state index < -0.39 is 50.6 Å². The highest BCUT2D eigenvalue weighted by molar-refractivity contribution is 7.91. The molecule has 3 aromatic rings. The van der Waals surface area contributed by atoms with Crippen LogP contribution in [0.2, 0.25) is 0 Å². The molecule has 4 aliphatic rings. The van der Waals surface area contributed by atoms with E-state index in [1.54, 1.807) is 19.1 Å². The minimum atomic E-state index is -3.83. The van der Waals surface area contributed by atoms with E-state index in [1.807, 2.05) is 62.4 Å². The maximum absolute atomic E-state index is 14.3. The van der Waals surface area contributed by atoms with Crippen LogP contribution in [0.5, 0.6) is 11.5 Å². The van der Waals surface area contributed by atoms with Crippen LogP contribution in [0, 0.1) is 31.6 Å². The lowest BCUT2D eigenvalue weighted by Gasteiger charge is -2.26. The molecule has 7 rings (SSSR count). The monoisotopic (exact) mass is 729 g/mol. The first-order chi connectivity index (χ1) is 24.9. The Balaban J connectivity index is 1.21. The van der Waals surface area contributed by atoms with E-state index in [2.05, 4.69) is 10.0 Å². The summed E-state index contributed by atoms with van der Waals surface area (Å²) < 4.78 is 40.2. The Morgan fingerprint density at radius 1 is 1.00 bits per heavy atom. The number of aryl methyl sites for hydroxylation is 2. The van der Waals surface area contributed by atoms with Gasteiger partial charge in [-0.05, 0) is 89.5 Å². The normalized spacial score (nSPS) is 27.4. The van der Waals surface area contributed by atoms with Gasteiger partial charge < -0.3 is 19.7 Å². The topological polar surface area (TPSA) is 157 Å². The number of allylic oxidation sites excluding steroid dienone is 1. The summed E-state index contributed by atoms with van der Waals surface area (Å²) in [5.41, 5.74) is 2.27. The molecule has 3 saturated carbocycles. The van der Waals surface area contributed by atoms with Gasteiger partial charge in [-0.25, -0.2) is 13.4 Å². The van der Waals surface area contributed by atoms with Crippen molar-refractivity contribution >= 4 is 38.6 Å². The van der Waals surface area contributed by atoms with Gasteiger partial charge in [0.25, 0.3) is 5.91 Å². The van der Waals surface area contributed by atoms with Crippen molar-refractivity contribution in [3.63, 3.8) is 0 Å². The SMILES string of the molecule is COc1ccc2c(O[C@@H]3C[C@H]4C(=O)N[C@]5(C(=O)NS(=O)(=O)C6CC6)C[C@H]5/C=C\CCCCCN(C)C(=O)[C@@H]4C3)cc(-c3cccc(C)n3)nc2c1C. The minimum Gasteiger partial charge on any atom is -0.496 e. The van der Waals surface area contributed by atoms with Crippen molar-refractivity contribution in [2.45, 2.75) is 88.5 Å². The predicted molar refractivity (Wildman–Crippen MR) is 196 cm³/mol. The van der Waals surface area contributed by atoms with Crippen LogP contribution in [0.4, 0.5) is 0 Å². The Kier molecular flexibility index (Phi) is 9.75. The number of nitrogens with one attached hydrogen (secondary N) is 2. The van der Waals surface area contributed by atoms with Gasteiger partial charge in [-0.2, -0.15) is 0 Å². The van der Waals surface area contributed by atoms with Crippen molar-refractivity contribution < 1.29 is 32.3 Å². The molecule has 13 heteroatoms. The Morgan fingerprint density at radius 3 is 2.54 bits per heavy atom. The van der Waals surface area contributed by atoms with Crippen molar-refractivity contribution in [3.05, 3.63) is 59.8 Å². The van der Waals surface area contributed by atoms with Gasteiger partial charge in [0.15, 0.2) is 0 Å². The van der Waals surface area contributed by atoms with Crippen LogP contribution < -0.4 is 19.5 Å². The number of rotatable bonds is 7. The molecule has 3 fully saturated rings. The molecule has 3 amide bonds. The second-order valence-electron chi connectivity index (χ2n) is 14.9. The third-order valence-electron chi connectivity index (χ3n) is 11.1. The van der Waals surface area contributed by atoms with E-state index in [-0.39, 0.29) is 31.1 Å². The lowest BCUT2D eigenvalue weighted by atomic mass is 9.93.